The Hall–Kier alpha value is -3.64. The first-order valence-electron chi connectivity index (χ1n) is 10.5. The highest BCUT2D eigenvalue weighted by Gasteiger charge is 2.12. The number of aromatic nitrogens is 2. The Kier molecular flexibility index (Phi) is 7.15. The van der Waals surface area contributed by atoms with Crippen LogP contribution >= 0.6 is 0 Å². The molecular formula is C26H26FN3O2. The highest BCUT2D eigenvalue weighted by Crippen LogP contribution is 2.24. The topological polar surface area (TPSA) is 48.3 Å². The van der Waals surface area contributed by atoms with Crippen LogP contribution in [0.1, 0.15) is 11.1 Å². The lowest BCUT2D eigenvalue weighted by Crippen LogP contribution is -2.11. The molecule has 0 saturated heterocycles. The van der Waals surface area contributed by atoms with Crippen LogP contribution in [0.2, 0.25) is 0 Å². The summed E-state index contributed by atoms with van der Waals surface area (Å²) in [6.45, 7) is 2.35. The summed E-state index contributed by atoms with van der Waals surface area (Å²) in [5, 5.41) is 3.40. The van der Waals surface area contributed by atoms with Gasteiger partial charge < -0.3 is 19.4 Å². The third-order valence-electron chi connectivity index (χ3n) is 5.14. The van der Waals surface area contributed by atoms with Gasteiger partial charge in [-0.2, -0.15) is 0 Å². The molecule has 0 spiro atoms. The number of imidazole rings is 1. The van der Waals surface area contributed by atoms with Gasteiger partial charge in [0.1, 0.15) is 18.2 Å². The fourth-order valence-corrected chi connectivity index (χ4v) is 3.40. The summed E-state index contributed by atoms with van der Waals surface area (Å²) in [5.41, 5.74) is 4.07. The van der Waals surface area contributed by atoms with Crippen LogP contribution in [-0.2, 0) is 24.4 Å². The van der Waals surface area contributed by atoms with Crippen molar-refractivity contribution in [2.45, 2.75) is 19.7 Å². The van der Waals surface area contributed by atoms with Gasteiger partial charge >= 0.3 is 0 Å². The normalized spacial score (nSPS) is 10.8. The summed E-state index contributed by atoms with van der Waals surface area (Å²) in [6, 6.07) is 24.5. The van der Waals surface area contributed by atoms with Crippen LogP contribution < -0.4 is 10.1 Å². The van der Waals surface area contributed by atoms with E-state index in [2.05, 4.69) is 10.3 Å². The molecule has 0 amide bonds. The predicted molar refractivity (Wildman–Crippen MR) is 124 cm³/mol. The number of nitrogens with one attached hydrogen (secondary N) is 1. The molecule has 6 heteroatoms. The van der Waals surface area contributed by atoms with E-state index in [0.717, 1.165) is 34.1 Å². The highest BCUT2D eigenvalue weighted by atomic mass is 19.1. The van der Waals surface area contributed by atoms with Crippen molar-refractivity contribution in [2.75, 3.05) is 19.0 Å². The second-order valence-corrected chi connectivity index (χ2v) is 7.39. The molecule has 0 radical (unpaired) electrons. The van der Waals surface area contributed by atoms with Gasteiger partial charge in [-0.3, -0.25) is 0 Å². The van der Waals surface area contributed by atoms with E-state index in [1.54, 1.807) is 25.4 Å². The quantitative estimate of drug-likeness (QED) is 0.359. The zero-order valence-corrected chi connectivity index (χ0v) is 18.0. The fourth-order valence-electron chi connectivity index (χ4n) is 3.40. The summed E-state index contributed by atoms with van der Waals surface area (Å²) in [5.74, 6) is 1.31. The van der Waals surface area contributed by atoms with Crippen LogP contribution in [0.4, 0.5) is 10.3 Å². The largest absolute Gasteiger partial charge is 0.489 e. The van der Waals surface area contributed by atoms with Crippen molar-refractivity contribution in [3.05, 3.63) is 102 Å². The van der Waals surface area contributed by atoms with Gasteiger partial charge in [-0.15, -0.1) is 0 Å². The molecule has 4 rings (SSSR count). The summed E-state index contributed by atoms with van der Waals surface area (Å²) in [6.07, 6.45) is 1.80. The Morgan fingerprint density at radius 1 is 0.906 bits per heavy atom. The molecule has 0 bridgehead atoms. The lowest BCUT2D eigenvalue weighted by atomic mass is 10.1. The molecule has 5 nitrogen and oxygen atoms in total. The molecule has 4 aromatic rings. The maximum absolute atomic E-state index is 13.3. The molecule has 0 aliphatic heterocycles. The molecule has 0 saturated carbocycles. The zero-order chi connectivity index (χ0) is 22.2. The Labute approximate surface area is 187 Å². The van der Waals surface area contributed by atoms with Crippen LogP contribution in [0, 0.1) is 5.82 Å². The molecule has 0 atom stereocenters. The number of halogens is 1. The minimum atomic E-state index is -0.258. The van der Waals surface area contributed by atoms with Crippen molar-refractivity contribution in [3.63, 3.8) is 0 Å². The first-order chi connectivity index (χ1) is 15.7. The summed E-state index contributed by atoms with van der Waals surface area (Å²) < 4.78 is 26.5. The average molecular weight is 432 g/mol. The van der Waals surface area contributed by atoms with Crippen molar-refractivity contribution in [1.29, 1.82) is 0 Å². The van der Waals surface area contributed by atoms with Crippen molar-refractivity contribution in [2.24, 2.45) is 0 Å². The smallest absolute Gasteiger partial charge is 0.203 e. The molecule has 164 valence electrons. The first kappa shape index (κ1) is 21.6. The van der Waals surface area contributed by atoms with Crippen LogP contribution in [0.5, 0.6) is 5.75 Å². The second-order valence-electron chi connectivity index (χ2n) is 7.39. The Morgan fingerprint density at radius 2 is 1.66 bits per heavy atom. The molecule has 0 aliphatic carbocycles. The van der Waals surface area contributed by atoms with Crippen molar-refractivity contribution in [3.8, 4) is 17.0 Å². The van der Waals surface area contributed by atoms with Gasteiger partial charge in [0.25, 0.3) is 0 Å². The van der Waals surface area contributed by atoms with Gasteiger partial charge in [0.15, 0.2) is 0 Å². The van der Waals surface area contributed by atoms with Gasteiger partial charge in [0.2, 0.25) is 5.95 Å². The Bertz CT molecular complexity index is 1110. The van der Waals surface area contributed by atoms with E-state index in [-0.39, 0.29) is 5.82 Å². The van der Waals surface area contributed by atoms with Crippen LogP contribution in [0.15, 0.2) is 85.1 Å². The van der Waals surface area contributed by atoms with E-state index < -0.39 is 0 Å². The molecule has 1 aromatic heterocycles. The van der Waals surface area contributed by atoms with E-state index in [1.165, 1.54) is 12.1 Å². The average Bonchev–Trinajstić information content (AvgIpc) is 3.24. The standard InChI is InChI=1S/C26H26FN3O2/c1-31-16-15-30-25(22-9-11-23(27)12-10-22)18-29-26(30)28-17-20-7-13-24(14-8-20)32-19-21-5-3-2-4-6-21/h2-14,18H,15-17,19H2,1H3,(H,28,29). The number of nitrogens with zero attached hydrogens (tertiary/aromatic N) is 2. The molecule has 0 aliphatic rings. The summed E-state index contributed by atoms with van der Waals surface area (Å²) in [4.78, 5) is 4.54. The predicted octanol–water partition coefficient (Wildman–Crippen LogP) is 5.53. The molecule has 3 aromatic carbocycles. The van der Waals surface area contributed by atoms with Crippen molar-refractivity contribution in [1.82, 2.24) is 9.55 Å². The number of methoxy groups -OCH3 is 1. The zero-order valence-electron chi connectivity index (χ0n) is 18.0. The third kappa shape index (κ3) is 5.53. The SMILES string of the molecule is COCCn1c(-c2ccc(F)cc2)cnc1NCc1ccc(OCc2ccccc2)cc1. The minimum absolute atomic E-state index is 0.258. The van der Waals surface area contributed by atoms with Gasteiger partial charge in [0, 0.05) is 25.8 Å². The van der Waals surface area contributed by atoms with Gasteiger partial charge in [-0.05, 0) is 47.5 Å². The van der Waals surface area contributed by atoms with Gasteiger partial charge in [-0.1, -0.05) is 42.5 Å². The third-order valence-corrected chi connectivity index (χ3v) is 5.14. The lowest BCUT2D eigenvalue weighted by molar-refractivity contribution is 0.188. The van der Waals surface area contributed by atoms with E-state index in [4.69, 9.17) is 9.47 Å². The number of benzene rings is 3. The molecule has 1 N–H and O–H groups in total. The maximum atomic E-state index is 13.3. The van der Waals surface area contributed by atoms with Crippen LogP contribution in [-0.4, -0.2) is 23.3 Å². The van der Waals surface area contributed by atoms with E-state index in [1.807, 2.05) is 59.2 Å². The molecule has 1 heterocycles. The second kappa shape index (κ2) is 10.6. The van der Waals surface area contributed by atoms with E-state index >= 15 is 0 Å². The van der Waals surface area contributed by atoms with Crippen molar-refractivity contribution < 1.29 is 13.9 Å². The number of hydrogen-bond donors (Lipinski definition) is 1. The van der Waals surface area contributed by atoms with Crippen LogP contribution in [0.25, 0.3) is 11.3 Å². The lowest BCUT2D eigenvalue weighted by Gasteiger charge is -2.13. The maximum Gasteiger partial charge on any atom is 0.203 e. The Morgan fingerprint density at radius 3 is 2.38 bits per heavy atom. The van der Waals surface area contributed by atoms with Gasteiger partial charge in [-0.25, -0.2) is 9.37 Å². The van der Waals surface area contributed by atoms with E-state index in [9.17, 15) is 4.39 Å². The van der Waals surface area contributed by atoms with Crippen molar-refractivity contribution >= 4 is 5.95 Å². The first-order valence-corrected chi connectivity index (χ1v) is 10.5. The summed E-state index contributed by atoms with van der Waals surface area (Å²) in [7, 11) is 1.67. The number of rotatable bonds is 10. The number of hydrogen-bond acceptors (Lipinski definition) is 4. The van der Waals surface area contributed by atoms with Crippen LogP contribution in [0.3, 0.4) is 0 Å². The molecule has 0 fully saturated rings. The Balaban J connectivity index is 1.41. The molecule has 32 heavy (non-hydrogen) atoms. The number of ether oxygens (including phenoxy) is 2. The molecular weight excluding hydrogens is 405 g/mol. The van der Waals surface area contributed by atoms with Gasteiger partial charge in [0.05, 0.1) is 18.5 Å². The highest BCUT2D eigenvalue weighted by molar-refractivity contribution is 5.61. The molecule has 0 unspecified atom stereocenters. The summed E-state index contributed by atoms with van der Waals surface area (Å²) >= 11 is 0. The minimum Gasteiger partial charge on any atom is -0.489 e. The monoisotopic (exact) mass is 431 g/mol. The van der Waals surface area contributed by atoms with E-state index in [0.29, 0.717) is 26.3 Å². The number of anilines is 1. The fraction of sp³-hybridized carbons (Fsp3) is 0.192.